The molecule has 9 nitrogen and oxygen atoms in total. The Morgan fingerprint density at radius 2 is 1.91 bits per heavy atom. The van der Waals surface area contributed by atoms with Crippen LogP contribution in [0, 0.1) is 0 Å². The van der Waals surface area contributed by atoms with Gasteiger partial charge < -0.3 is 24.7 Å². The lowest BCUT2D eigenvalue weighted by Crippen LogP contribution is -2.41. The first-order valence-corrected chi connectivity index (χ1v) is 11.5. The predicted octanol–water partition coefficient (Wildman–Crippen LogP) is 4.18. The van der Waals surface area contributed by atoms with Crippen molar-refractivity contribution in [3.05, 3.63) is 42.9 Å². The summed E-state index contributed by atoms with van der Waals surface area (Å²) in [6.07, 6.45) is 3.67. The number of aromatic nitrogens is 3. The Morgan fingerprint density at radius 1 is 1.18 bits per heavy atom. The minimum absolute atomic E-state index is 0.103. The van der Waals surface area contributed by atoms with E-state index in [4.69, 9.17) is 15.2 Å². The second kappa shape index (κ2) is 9.32. The molecule has 0 spiro atoms. The summed E-state index contributed by atoms with van der Waals surface area (Å²) in [5, 5.41) is 0.770. The van der Waals surface area contributed by atoms with Crippen molar-refractivity contribution in [3.8, 4) is 11.1 Å². The van der Waals surface area contributed by atoms with Crippen molar-refractivity contribution < 1.29 is 19.1 Å². The Morgan fingerprint density at radius 3 is 2.59 bits per heavy atom. The lowest BCUT2D eigenvalue weighted by Gasteiger charge is -2.28. The maximum atomic E-state index is 13.0. The highest BCUT2D eigenvalue weighted by Crippen LogP contribution is 2.38. The smallest absolute Gasteiger partial charge is 0.410 e. The molecule has 2 aromatic heterocycles. The highest BCUT2D eigenvalue weighted by Gasteiger charge is 2.40. The zero-order valence-electron chi connectivity index (χ0n) is 20.0. The fourth-order valence-corrected chi connectivity index (χ4v) is 4.47. The van der Waals surface area contributed by atoms with Crippen LogP contribution in [0.2, 0.25) is 0 Å². The number of fused-ring (bicyclic) bond motifs is 1. The van der Waals surface area contributed by atoms with Crippen molar-refractivity contribution >= 4 is 28.9 Å². The molecule has 2 atom stereocenters. The van der Waals surface area contributed by atoms with Crippen LogP contribution >= 0.6 is 0 Å². The predicted molar refractivity (Wildman–Crippen MR) is 129 cm³/mol. The summed E-state index contributed by atoms with van der Waals surface area (Å²) >= 11 is 0. The number of ether oxygens (including phenoxy) is 2. The molecule has 180 valence electrons. The summed E-state index contributed by atoms with van der Waals surface area (Å²) in [5.41, 5.74) is 8.23. The highest BCUT2D eigenvalue weighted by atomic mass is 16.6. The number of esters is 1. The Bertz CT molecular complexity index is 1190. The van der Waals surface area contributed by atoms with E-state index in [0.29, 0.717) is 31.0 Å². The molecule has 1 aliphatic rings. The average Bonchev–Trinajstić information content (AvgIpc) is 3.36. The van der Waals surface area contributed by atoms with Gasteiger partial charge in [0.05, 0.1) is 24.5 Å². The minimum Gasteiger partial charge on any atom is -0.466 e. The zero-order chi connectivity index (χ0) is 24.5. The topological polar surface area (TPSA) is 113 Å². The first kappa shape index (κ1) is 23.5. The number of hydrogen-bond donors (Lipinski definition) is 1. The standard InChI is InChI=1S/C25H31N5O4/c1-5-33-20(31)12-17-11-18(13-30(17)24(32)34-25(2,3)4)29-14-19(16-9-7-6-8-10-16)21-22(26)27-15-28-23(21)29/h6-10,14-15,17-18H,5,11-13H2,1-4H3,(H2,26,27,28)/t17-,18+/m1/s1. The van der Waals surface area contributed by atoms with Crippen molar-refractivity contribution in [2.24, 2.45) is 0 Å². The number of anilines is 1. The fraction of sp³-hybridized carbons (Fsp3) is 0.440. The van der Waals surface area contributed by atoms with E-state index in [-0.39, 0.29) is 24.5 Å². The molecule has 4 rings (SSSR count). The molecule has 0 aliphatic carbocycles. The number of nitrogen functional groups attached to an aromatic ring is 1. The third-order valence-electron chi connectivity index (χ3n) is 5.84. The molecule has 0 saturated carbocycles. The van der Waals surface area contributed by atoms with Crippen LogP contribution in [0.25, 0.3) is 22.2 Å². The van der Waals surface area contributed by atoms with Crippen LogP contribution in [0.1, 0.15) is 46.6 Å². The summed E-state index contributed by atoms with van der Waals surface area (Å²) in [4.78, 5) is 35.7. The number of benzene rings is 1. The molecule has 1 fully saturated rings. The second-order valence-electron chi connectivity index (χ2n) is 9.46. The van der Waals surface area contributed by atoms with Gasteiger partial charge in [-0.15, -0.1) is 0 Å². The third kappa shape index (κ3) is 4.83. The summed E-state index contributed by atoms with van der Waals surface area (Å²) < 4.78 is 12.8. The van der Waals surface area contributed by atoms with Crippen LogP contribution in [0.4, 0.5) is 10.6 Å². The molecule has 1 aliphatic heterocycles. The van der Waals surface area contributed by atoms with E-state index >= 15 is 0 Å². The number of hydrogen-bond acceptors (Lipinski definition) is 7. The van der Waals surface area contributed by atoms with Gasteiger partial charge in [0.1, 0.15) is 23.4 Å². The lowest BCUT2D eigenvalue weighted by atomic mass is 10.1. The summed E-state index contributed by atoms with van der Waals surface area (Å²) in [7, 11) is 0. The average molecular weight is 466 g/mol. The molecule has 34 heavy (non-hydrogen) atoms. The molecular formula is C25H31N5O4. The zero-order valence-corrected chi connectivity index (χ0v) is 20.0. The quantitative estimate of drug-likeness (QED) is 0.562. The van der Waals surface area contributed by atoms with Crippen molar-refractivity contribution in [2.45, 2.75) is 58.2 Å². The van der Waals surface area contributed by atoms with E-state index in [1.165, 1.54) is 6.33 Å². The Balaban J connectivity index is 1.72. The van der Waals surface area contributed by atoms with Gasteiger partial charge in [0.2, 0.25) is 0 Å². The van der Waals surface area contributed by atoms with Gasteiger partial charge in [0.25, 0.3) is 0 Å². The van der Waals surface area contributed by atoms with E-state index in [0.717, 1.165) is 16.5 Å². The molecule has 2 N–H and O–H groups in total. The van der Waals surface area contributed by atoms with Gasteiger partial charge >= 0.3 is 12.1 Å². The summed E-state index contributed by atoms with van der Waals surface area (Å²) in [6, 6.07) is 9.43. The van der Waals surface area contributed by atoms with Crippen molar-refractivity contribution in [3.63, 3.8) is 0 Å². The molecule has 1 amide bonds. The van der Waals surface area contributed by atoms with Gasteiger partial charge in [0, 0.05) is 24.3 Å². The molecular weight excluding hydrogens is 434 g/mol. The van der Waals surface area contributed by atoms with Gasteiger partial charge in [-0.3, -0.25) is 4.79 Å². The van der Waals surface area contributed by atoms with Crippen LogP contribution < -0.4 is 5.73 Å². The van der Waals surface area contributed by atoms with E-state index in [2.05, 4.69) is 9.97 Å². The molecule has 1 aromatic carbocycles. The highest BCUT2D eigenvalue weighted by molar-refractivity contribution is 6.00. The molecule has 3 heterocycles. The van der Waals surface area contributed by atoms with Gasteiger partial charge in [-0.25, -0.2) is 14.8 Å². The van der Waals surface area contributed by atoms with Gasteiger partial charge in [-0.05, 0) is 39.7 Å². The first-order chi connectivity index (χ1) is 16.2. The summed E-state index contributed by atoms with van der Waals surface area (Å²) in [5.74, 6) is 0.0586. The van der Waals surface area contributed by atoms with Crippen molar-refractivity contribution in [1.82, 2.24) is 19.4 Å². The van der Waals surface area contributed by atoms with E-state index in [1.807, 2.05) is 61.9 Å². The van der Waals surface area contributed by atoms with Crippen LogP contribution in [-0.2, 0) is 14.3 Å². The van der Waals surface area contributed by atoms with Gasteiger partial charge in [0.15, 0.2) is 0 Å². The number of carbonyl (C=O) groups is 2. The molecule has 9 heteroatoms. The van der Waals surface area contributed by atoms with Crippen LogP contribution in [0.3, 0.4) is 0 Å². The maximum absolute atomic E-state index is 13.0. The Labute approximate surface area is 198 Å². The number of amides is 1. The largest absolute Gasteiger partial charge is 0.466 e. The first-order valence-electron chi connectivity index (χ1n) is 11.5. The molecule has 0 unspecified atom stereocenters. The van der Waals surface area contributed by atoms with E-state index in [9.17, 15) is 9.59 Å². The van der Waals surface area contributed by atoms with Crippen LogP contribution in [0.15, 0.2) is 42.9 Å². The lowest BCUT2D eigenvalue weighted by molar-refractivity contribution is -0.144. The van der Waals surface area contributed by atoms with Crippen molar-refractivity contribution in [1.29, 1.82) is 0 Å². The molecule has 1 saturated heterocycles. The molecule has 0 bridgehead atoms. The normalized spacial score (nSPS) is 18.3. The Hall–Kier alpha value is -3.62. The Kier molecular flexibility index (Phi) is 6.45. The number of likely N-dealkylation sites (tertiary alicyclic amines) is 1. The SMILES string of the molecule is CCOC(=O)C[C@H]1C[C@H](n2cc(-c3ccccc3)c3c(N)ncnc32)CN1C(=O)OC(C)(C)C. The third-order valence-corrected chi connectivity index (χ3v) is 5.84. The number of rotatable bonds is 5. The minimum atomic E-state index is -0.647. The molecule has 3 aromatic rings. The summed E-state index contributed by atoms with van der Waals surface area (Å²) in [6.45, 7) is 7.90. The number of nitrogens with zero attached hydrogens (tertiary/aromatic N) is 4. The fourth-order valence-electron chi connectivity index (χ4n) is 4.47. The van der Waals surface area contributed by atoms with Crippen molar-refractivity contribution in [2.75, 3.05) is 18.9 Å². The van der Waals surface area contributed by atoms with Gasteiger partial charge in [-0.1, -0.05) is 30.3 Å². The van der Waals surface area contributed by atoms with Gasteiger partial charge in [-0.2, -0.15) is 0 Å². The number of carbonyl (C=O) groups excluding carboxylic acids is 2. The van der Waals surface area contributed by atoms with E-state index < -0.39 is 11.7 Å². The molecule has 0 radical (unpaired) electrons. The monoisotopic (exact) mass is 465 g/mol. The van der Waals surface area contributed by atoms with E-state index in [1.54, 1.807) is 11.8 Å². The van der Waals surface area contributed by atoms with Crippen LogP contribution in [0.5, 0.6) is 0 Å². The number of nitrogens with two attached hydrogens (primary N) is 1. The van der Waals surface area contributed by atoms with Crippen LogP contribution in [-0.4, -0.2) is 56.3 Å². The second-order valence-corrected chi connectivity index (χ2v) is 9.46. The maximum Gasteiger partial charge on any atom is 0.410 e.